The molecule has 27 heavy (non-hydrogen) atoms. The molecule has 0 aliphatic heterocycles. The SMILES string of the molecule is CCCOc1ccc(C)c(O)c1C(c1ccccc1)c1cccc(C)c1O. The lowest BCUT2D eigenvalue weighted by molar-refractivity contribution is 0.310. The van der Waals surface area contributed by atoms with Crippen LogP contribution in [0.5, 0.6) is 17.2 Å². The molecule has 0 aromatic heterocycles. The number of hydrogen-bond donors (Lipinski definition) is 2. The van der Waals surface area contributed by atoms with Crippen LogP contribution in [0.25, 0.3) is 0 Å². The molecule has 0 spiro atoms. The quantitative estimate of drug-likeness (QED) is 0.554. The molecule has 1 unspecified atom stereocenters. The van der Waals surface area contributed by atoms with E-state index in [1.165, 1.54) is 0 Å². The van der Waals surface area contributed by atoms with Crippen molar-refractivity contribution in [3.05, 3.63) is 88.5 Å². The predicted molar refractivity (Wildman–Crippen MR) is 109 cm³/mol. The smallest absolute Gasteiger partial charge is 0.127 e. The second kappa shape index (κ2) is 8.17. The van der Waals surface area contributed by atoms with Crippen molar-refractivity contribution in [3.8, 4) is 17.2 Å². The van der Waals surface area contributed by atoms with Crippen LogP contribution in [0.2, 0.25) is 0 Å². The van der Waals surface area contributed by atoms with Crippen LogP contribution < -0.4 is 4.74 Å². The van der Waals surface area contributed by atoms with Crippen LogP contribution in [0.1, 0.15) is 47.1 Å². The van der Waals surface area contributed by atoms with Crippen molar-refractivity contribution in [2.45, 2.75) is 33.1 Å². The van der Waals surface area contributed by atoms with E-state index >= 15 is 0 Å². The van der Waals surface area contributed by atoms with Crippen LogP contribution in [-0.2, 0) is 0 Å². The highest BCUT2D eigenvalue weighted by Crippen LogP contribution is 2.46. The molecule has 0 amide bonds. The molecule has 0 radical (unpaired) electrons. The Morgan fingerprint density at radius 3 is 2.22 bits per heavy atom. The number of ether oxygens (including phenoxy) is 1. The predicted octanol–water partition coefficient (Wildman–Crippen LogP) is 5.68. The molecule has 0 saturated heterocycles. The minimum absolute atomic E-state index is 0.207. The molecule has 0 fully saturated rings. The Balaban J connectivity index is 2.29. The Morgan fingerprint density at radius 1 is 0.815 bits per heavy atom. The zero-order valence-electron chi connectivity index (χ0n) is 16.1. The lowest BCUT2D eigenvalue weighted by Crippen LogP contribution is -2.09. The number of aromatic hydroxyl groups is 2. The fraction of sp³-hybridized carbons (Fsp3) is 0.250. The van der Waals surface area contributed by atoms with Gasteiger partial charge < -0.3 is 14.9 Å². The molecular weight excluding hydrogens is 336 g/mol. The minimum atomic E-state index is -0.335. The molecular formula is C24H26O3. The number of benzene rings is 3. The highest BCUT2D eigenvalue weighted by molar-refractivity contribution is 5.60. The van der Waals surface area contributed by atoms with Crippen molar-refractivity contribution in [1.82, 2.24) is 0 Å². The summed E-state index contributed by atoms with van der Waals surface area (Å²) in [4.78, 5) is 0. The number of phenols is 2. The molecule has 3 nitrogen and oxygen atoms in total. The van der Waals surface area contributed by atoms with Crippen molar-refractivity contribution >= 4 is 0 Å². The fourth-order valence-corrected chi connectivity index (χ4v) is 3.38. The highest BCUT2D eigenvalue weighted by atomic mass is 16.5. The summed E-state index contributed by atoms with van der Waals surface area (Å²) in [6.07, 6.45) is 0.875. The second-order valence-electron chi connectivity index (χ2n) is 6.85. The van der Waals surface area contributed by atoms with E-state index in [0.29, 0.717) is 17.9 Å². The normalized spacial score (nSPS) is 12.0. The van der Waals surface area contributed by atoms with Gasteiger partial charge in [-0.05, 0) is 43.0 Å². The third-order valence-corrected chi connectivity index (χ3v) is 4.84. The first-order valence-corrected chi connectivity index (χ1v) is 9.33. The van der Waals surface area contributed by atoms with Gasteiger partial charge in [-0.25, -0.2) is 0 Å². The van der Waals surface area contributed by atoms with Gasteiger partial charge in [0.1, 0.15) is 17.2 Å². The maximum Gasteiger partial charge on any atom is 0.127 e. The van der Waals surface area contributed by atoms with Crippen molar-refractivity contribution in [2.24, 2.45) is 0 Å². The van der Waals surface area contributed by atoms with Crippen molar-refractivity contribution in [3.63, 3.8) is 0 Å². The number of aryl methyl sites for hydroxylation is 2. The van der Waals surface area contributed by atoms with Crippen LogP contribution in [0.15, 0.2) is 60.7 Å². The van der Waals surface area contributed by atoms with Gasteiger partial charge in [0.2, 0.25) is 0 Å². The van der Waals surface area contributed by atoms with E-state index in [1.54, 1.807) is 0 Å². The van der Waals surface area contributed by atoms with Crippen LogP contribution >= 0.6 is 0 Å². The van der Waals surface area contributed by atoms with Crippen LogP contribution in [-0.4, -0.2) is 16.8 Å². The Hall–Kier alpha value is -2.94. The molecule has 0 aliphatic rings. The topological polar surface area (TPSA) is 49.7 Å². The van der Waals surface area contributed by atoms with Crippen LogP contribution in [0, 0.1) is 13.8 Å². The number of hydrogen-bond acceptors (Lipinski definition) is 3. The van der Waals surface area contributed by atoms with Gasteiger partial charge in [-0.1, -0.05) is 61.5 Å². The van der Waals surface area contributed by atoms with Gasteiger partial charge in [0.25, 0.3) is 0 Å². The Kier molecular flexibility index (Phi) is 5.70. The van der Waals surface area contributed by atoms with Crippen molar-refractivity contribution in [2.75, 3.05) is 6.61 Å². The van der Waals surface area contributed by atoms with Gasteiger partial charge >= 0.3 is 0 Å². The third kappa shape index (κ3) is 3.77. The van der Waals surface area contributed by atoms with Crippen molar-refractivity contribution in [1.29, 1.82) is 0 Å². The molecule has 3 rings (SSSR count). The van der Waals surface area contributed by atoms with E-state index in [2.05, 4.69) is 6.92 Å². The van der Waals surface area contributed by atoms with Gasteiger partial charge in [-0.15, -0.1) is 0 Å². The summed E-state index contributed by atoms with van der Waals surface area (Å²) >= 11 is 0. The zero-order chi connectivity index (χ0) is 19.4. The molecule has 2 N–H and O–H groups in total. The number of phenolic OH excluding ortho intramolecular Hbond substituents is 2. The maximum absolute atomic E-state index is 11.0. The number of para-hydroxylation sites is 1. The summed E-state index contributed by atoms with van der Waals surface area (Å²) in [5.41, 5.74) is 4.01. The summed E-state index contributed by atoms with van der Waals surface area (Å²) in [7, 11) is 0. The van der Waals surface area contributed by atoms with Crippen molar-refractivity contribution < 1.29 is 14.9 Å². The van der Waals surface area contributed by atoms with E-state index in [-0.39, 0.29) is 17.4 Å². The summed E-state index contributed by atoms with van der Waals surface area (Å²) in [5, 5.41) is 21.8. The van der Waals surface area contributed by atoms with Crippen LogP contribution in [0.4, 0.5) is 0 Å². The van der Waals surface area contributed by atoms with Gasteiger partial charge in [0.05, 0.1) is 6.61 Å². The van der Waals surface area contributed by atoms with Gasteiger partial charge in [-0.3, -0.25) is 0 Å². The average Bonchev–Trinajstić information content (AvgIpc) is 2.68. The van der Waals surface area contributed by atoms with E-state index in [1.807, 2.05) is 74.5 Å². The van der Waals surface area contributed by atoms with E-state index < -0.39 is 0 Å². The molecule has 0 heterocycles. The molecule has 3 aromatic rings. The Bertz CT molecular complexity index is 916. The summed E-state index contributed by atoms with van der Waals surface area (Å²) in [6, 6.07) is 19.4. The van der Waals surface area contributed by atoms with Gasteiger partial charge in [-0.2, -0.15) is 0 Å². The minimum Gasteiger partial charge on any atom is -0.507 e. The Morgan fingerprint density at radius 2 is 1.52 bits per heavy atom. The molecule has 140 valence electrons. The molecule has 3 aromatic carbocycles. The standard InChI is InChI=1S/C24H26O3/c1-4-15-27-20-14-13-17(3)24(26)22(20)21(18-10-6-5-7-11-18)19-12-8-9-16(2)23(19)25/h5-14,21,25-26H,4,15H2,1-3H3. The number of rotatable bonds is 6. The highest BCUT2D eigenvalue weighted by Gasteiger charge is 2.27. The fourth-order valence-electron chi connectivity index (χ4n) is 3.38. The Labute approximate surface area is 160 Å². The van der Waals surface area contributed by atoms with E-state index in [9.17, 15) is 10.2 Å². The lowest BCUT2D eigenvalue weighted by atomic mass is 9.82. The molecule has 0 aliphatic carbocycles. The second-order valence-corrected chi connectivity index (χ2v) is 6.85. The van der Waals surface area contributed by atoms with E-state index in [4.69, 9.17) is 4.74 Å². The monoisotopic (exact) mass is 362 g/mol. The first-order chi connectivity index (χ1) is 13.0. The average molecular weight is 362 g/mol. The molecule has 3 heteroatoms. The molecule has 0 bridgehead atoms. The summed E-state index contributed by atoms with van der Waals surface area (Å²) in [5.74, 6) is 0.764. The lowest BCUT2D eigenvalue weighted by Gasteiger charge is -2.25. The summed E-state index contributed by atoms with van der Waals surface area (Å²) in [6.45, 7) is 6.37. The van der Waals surface area contributed by atoms with Gasteiger partial charge in [0, 0.05) is 17.0 Å². The summed E-state index contributed by atoms with van der Waals surface area (Å²) < 4.78 is 5.97. The zero-order valence-corrected chi connectivity index (χ0v) is 16.1. The first-order valence-electron chi connectivity index (χ1n) is 9.33. The van der Waals surface area contributed by atoms with Crippen LogP contribution in [0.3, 0.4) is 0 Å². The van der Waals surface area contributed by atoms with E-state index in [0.717, 1.165) is 28.7 Å². The van der Waals surface area contributed by atoms with Gasteiger partial charge in [0.15, 0.2) is 0 Å². The maximum atomic E-state index is 11.0. The molecule has 1 atom stereocenters. The largest absolute Gasteiger partial charge is 0.507 e. The third-order valence-electron chi connectivity index (χ3n) is 4.84. The first kappa shape index (κ1) is 18.8. The molecule has 0 saturated carbocycles.